The molecule has 23 heavy (non-hydrogen) atoms. The Balaban J connectivity index is 0.00000264. The maximum Gasteiger partial charge on any atom is 0.243 e. The van der Waals surface area contributed by atoms with E-state index >= 15 is 0 Å². The van der Waals surface area contributed by atoms with Crippen molar-refractivity contribution in [2.75, 3.05) is 18.9 Å². The number of nitrogens with one attached hydrogen (secondary N) is 1. The lowest BCUT2D eigenvalue weighted by Gasteiger charge is -2.21. The second kappa shape index (κ2) is 8.31. The van der Waals surface area contributed by atoms with E-state index in [4.69, 9.17) is 5.73 Å². The number of benzene rings is 1. The van der Waals surface area contributed by atoms with Crippen LogP contribution in [0.3, 0.4) is 0 Å². The summed E-state index contributed by atoms with van der Waals surface area (Å²) in [7, 11) is 1.68. The minimum absolute atomic E-state index is 0. The molecule has 0 saturated heterocycles. The van der Waals surface area contributed by atoms with Gasteiger partial charge in [-0.2, -0.15) is 0 Å². The van der Waals surface area contributed by atoms with Gasteiger partial charge in [-0.15, -0.1) is 12.4 Å². The maximum absolute atomic E-state index is 12.3. The minimum Gasteiger partial charge on any atom is -0.336 e. The molecule has 1 aromatic rings. The molecule has 0 aromatic heterocycles. The van der Waals surface area contributed by atoms with Gasteiger partial charge in [0.25, 0.3) is 0 Å². The lowest BCUT2D eigenvalue weighted by atomic mass is 10.1. The van der Waals surface area contributed by atoms with Crippen LogP contribution in [0.4, 0.5) is 5.69 Å². The Labute approximate surface area is 144 Å². The molecule has 6 heteroatoms. The van der Waals surface area contributed by atoms with Crippen molar-refractivity contribution in [2.24, 2.45) is 11.7 Å². The SMILES string of the molecule is Cc1cccc(NC(=O)CN(C)C(=O)C2CCC(N)C2)c1C.Cl. The van der Waals surface area contributed by atoms with E-state index in [9.17, 15) is 9.59 Å². The highest BCUT2D eigenvalue weighted by Crippen LogP contribution is 2.25. The Kier molecular flexibility index (Phi) is 7.03. The molecule has 0 aliphatic heterocycles. The van der Waals surface area contributed by atoms with Gasteiger partial charge in [-0.25, -0.2) is 0 Å². The highest BCUT2D eigenvalue weighted by molar-refractivity contribution is 5.95. The molecule has 3 N–H and O–H groups in total. The summed E-state index contributed by atoms with van der Waals surface area (Å²) in [5.41, 5.74) is 8.82. The van der Waals surface area contributed by atoms with Crippen LogP contribution in [0, 0.1) is 19.8 Å². The highest BCUT2D eigenvalue weighted by atomic mass is 35.5. The molecule has 2 unspecified atom stereocenters. The molecule has 1 saturated carbocycles. The van der Waals surface area contributed by atoms with Crippen molar-refractivity contribution in [3.8, 4) is 0 Å². The van der Waals surface area contributed by atoms with Gasteiger partial charge in [0.15, 0.2) is 0 Å². The molecule has 128 valence electrons. The zero-order chi connectivity index (χ0) is 16.3. The number of halogens is 1. The number of hydrogen-bond donors (Lipinski definition) is 2. The molecule has 0 bridgehead atoms. The zero-order valence-corrected chi connectivity index (χ0v) is 14.8. The molecule has 0 radical (unpaired) electrons. The third kappa shape index (κ3) is 4.94. The lowest BCUT2D eigenvalue weighted by Crippen LogP contribution is -2.38. The molecule has 1 aliphatic rings. The van der Waals surface area contributed by atoms with Gasteiger partial charge in [-0.3, -0.25) is 9.59 Å². The van der Waals surface area contributed by atoms with Crippen LogP contribution in [0.15, 0.2) is 18.2 Å². The molecule has 0 spiro atoms. The fraction of sp³-hybridized carbons (Fsp3) is 0.529. The molecule has 2 amide bonds. The van der Waals surface area contributed by atoms with Crippen LogP contribution in [-0.4, -0.2) is 36.3 Å². The summed E-state index contributed by atoms with van der Waals surface area (Å²) in [6, 6.07) is 5.90. The molecule has 0 heterocycles. The van der Waals surface area contributed by atoms with Crippen molar-refractivity contribution in [2.45, 2.75) is 39.2 Å². The number of nitrogens with two attached hydrogens (primary N) is 1. The number of carbonyl (C=O) groups is 2. The monoisotopic (exact) mass is 339 g/mol. The second-order valence-electron chi connectivity index (χ2n) is 6.26. The minimum atomic E-state index is -0.174. The van der Waals surface area contributed by atoms with Crippen molar-refractivity contribution < 1.29 is 9.59 Å². The normalized spacial score (nSPS) is 19.8. The predicted molar refractivity (Wildman–Crippen MR) is 94.7 cm³/mol. The lowest BCUT2D eigenvalue weighted by molar-refractivity contribution is -0.136. The molecule has 1 aliphatic carbocycles. The molecule has 1 fully saturated rings. The van der Waals surface area contributed by atoms with Crippen molar-refractivity contribution in [3.63, 3.8) is 0 Å². The van der Waals surface area contributed by atoms with E-state index in [1.54, 1.807) is 7.05 Å². The van der Waals surface area contributed by atoms with E-state index in [0.29, 0.717) is 0 Å². The highest BCUT2D eigenvalue weighted by Gasteiger charge is 2.30. The van der Waals surface area contributed by atoms with Gasteiger partial charge in [0, 0.05) is 24.7 Å². The summed E-state index contributed by atoms with van der Waals surface area (Å²) in [5.74, 6) is -0.190. The molecule has 1 aromatic carbocycles. The average molecular weight is 340 g/mol. The van der Waals surface area contributed by atoms with Crippen LogP contribution in [0.1, 0.15) is 30.4 Å². The third-order valence-electron chi connectivity index (χ3n) is 4.46. The first-order chi connectivity index (χ1) is 10.4. The number of rotatable bonds is 4. The van der Waals surface area contributed by atoms with Crippen molar-refractivity contribution in [1.82, 2.24) is 4.90 Å². The Morgan fingerprint density at radius 1 is 1.30 bits per heavy atom. The summed E-state index contributed by atoms with van der Waals surface area (Å²) in [5, 5.41) is 2.88. The average Bonchev–Trinajstić information content (AvgIpc) is 2.89. The molecule has 2 atom stereocenters. The van der Waals surface area contributed by atoms with Gasteiger partial charge in [-0.05, 0) is 50.3 Å². The summed E-state index contributed by atoms with van der Waals surface area (Å²) in [4.78, 5) is 25.9. The van der Waals surface area contributed by atoms with E-state index in [1.165, 1.54) is 4.90 Å². The van der Waals surface area contributed by atoms with Crippen LogP contribution in [0.5, 0.6) is 0 Å². The van der Waals surface area contributed by atoms with Crippen LogP contribution < -0.4 is 11.1 Å². The predicted octanol–water partition coefficient (Wildman–Crippen LogP) is 2.25. The number of likely N-dealkylation sites (N-methyl/N-ethyl adjacent to an activating group) is 1. The third-order valence-corrected chi connectivity index (χ3v) is 4.46. The number of hydrogen-bond acceptors (Lipinski definition) is 3. The number of anilines is 1. The topological polar surface area (TPSA) is 75.4 Å². The van der Waals surface area contributed by atoms with Gasteiger partial charge in [0.2, 0.25) is 11.8 Å². The van der Waals surface area contributed by atoms with Gasteiger partial charge in [0.1, 0.15) is 0 Å². The smallest absolute Gasteiger partial charge is 0.243 e. The van der Waals surface area contributed by atoms with E-state index in [0.717, 1.165) is 36.1 Å². The van der Waals surface area contributed by atoms with Crippen LogP contribution in [-0.2, 0) is 9.59 Å². The van der Waals surface area contributed by atoms with Crippen LogP contribution >= 0.6 is 12.4 Å². The first kappa shape index (κ1) is 19.5. The van der Waals surface area contributed by atoms with E-state index in [1.807, 2.05) is 32.0 Å². The first-order valence-electron chi connectivity index (χ1n) is 7.75. The largest absolute Gasteiger partial charge is 0.336 e. The zero-order valence-electron chi connectivity index (χ0n) is 14.0. The Morgan fingerprint density at radius 2 is 2.00 bits per heavy atom. The first-order valence-corrected chi connectivity index (χ1v) is 7.75. The fourth-order valence-electron chi connectivity index (χ4n) is 2.92. The summed E-state index contributed by atoms with van der Waals surface area (Å²) < 4.78 is 0. The summed E-state index contributed by atoms with van der Waals surface area (Å²) >= 11 is 0. The van der Waals surface area contributed by atoms with E-state index in [2.05, 4.69) is 5.32 Å². The molecular formula is C17H26ClN3O2. The Hall–Kier alpha value is -1.59. The van der Waals surface area contributed by atoms with E-state index in [-0.39, 0.29) is 42.7 Å². The fourth-order valence-corrected chi connectivity index (χ4v) is 2.92. The van der Waals surface area contributed by atoms with Gasteiger partial charge >= 0.3 is 0 Å². The number of carbonyl (C=O) groups excluding carboxylic acids is 2. The van der Waals surface area contributed by atoms with Crippen molar-refractivity contribution in [3.05, 3.63) is 29.3 Å². The van der Waals surface area contributed by atoms with Crippen molar-refractivity contribution >= 4 is 29.9 Å². The van der Waals surface area contributed by atoms with E-state index < -0.39 is 0 Å². The Morgan fingerprint density at radius 3 is 2.61 bits per heavy atom. The molecule has 5 nitrogen and oxygen atoms in total. The van der Waals surface area contributed by atoms with Gasteiger partial charge in [0.05, 0.1) is 6.54 Å². The second-order valence-corrected chi connectivity index (χ2v) is 6.26. The number of nitrogens with zero attached hydrogens (tertiary/aromatic N) is 1. The van der Waals surface area contributed by atoms with Gasteiger partial charge < -0.3 is 16.0 Å². The molecular weight excluding hydrogens is 314 g/mol. The summed E-state index contributed by atoms with van der Waals surface area (Å²) in [6.07, 6.45) is 2.43. The van der Waals surface area contributed by atoms with Crippen LogP contribution in [0.2, 0.25) is 0 Å². The van der Waals surface area contributed by atoms with Gasteiger partial charge in [-0.1, -0.05) is 12.1 Å². The summed E-state index contributed by atoms with van der Waals surface area (Å²) in [6.45, 7) is 4.04. The number of amides is 2. The quantitative estimate of drug-likeness (QED) is 0.883. The van der Waals surface area contributed by atoms with Crippen LogP contribution in [0.25, 0.3) is 0 Å². The standard InChI is InChI=1S/C17H25N3O2.ClH/c1-11-5-4-6-15(12(11)2)19-16(21)10-20(3)17(22)13-7-8-14(18)9-13;/h4-6,13-14H,7-10,18H2,1-3H3,(H,19,21);1H. The van der Waals surface area contributed by atoms with Crippen molar-refractivity contribution in [1.29, 1.82) is 0 Å². The number of aryl methyl sites for hydroxylation is 1. The Bertz CT molecular complexity index is 577. The molecule has 2 rings (SSSR count). The maximum atomic E-state index is 12.3.